The molecule has 2 N–H and O–H groups in total. The summed E-state index contributed by atoms with van der Waals surface area (Å²) in [6.45, 7) is 0.510. The normalized spacial score (nSPS) is 10.7. The molecule has 0 heterocycles. The number of primary amides is 1. The van der Waals surface area contributed by atoms with Gasteiger partial charge in [-0.3, -0.25) is 4.79 Å². The summed E-state index contributed by atoms with van der Waals surface area (Å²) >= 11 is 3.45. The molecule has 2 rings (SSSR count). The Hall–Kier alpha value is -2.07. The number of ether oxygens (including phenoxy) is 1. The van der Waals surface area contributed by atoms with E-state index in [9.17, 15) is 4.79 Å². The summed E-state index contributed by atoms with van der Waals surface area (Å²) < 4.78 is 6.57. The molecule has 0 aromatic heterocycles. The fourth-order valence-corrected chi connectivity index (χ4v) is 2.16. The quantitative estimate of drug-likeness (QED) is 0.852. The lowest BCUT2D eigenvalue weighted by molar-refractivity contribution is -0.113. The van der Waals surface area contributed by atoms with Crippen molar-refractivity contribution in [3.05, 3.63) is 70.2 Å². The molecule has 4 heteroatoms. The van der Waals surface area contributed by atoms with Crippen molar-refractivity contribution in [3.8, 4) is 5.75 Å². The average molecular weight is 332 g/mol. The molecule has 0 unspecified atom stereocenters. The Bertz CT molecular complexity index is 624. The van der Waals surface area contributed by atoms with Crippen LogP contribution >= 0.6 is 15.9 Å². The molecule has 0 aliphatic carbocycles. The van der Waals surface area contributed by atoms with Crippen LogP contribution in [0.2, 0.25) is 0 Å². The number of carbonyl (C=O) groups excluding carboxylic acids is 1. The molecule has 2 aromatic rings. The Labute approximate surface area is 126 Å². The lowest BCUT2D eigenvalue weighted by Gasteiger charge is -2.08. The van der Waals surface area contributed by atoms with Crippen LogP contribution in [0.5, 0.6) is 5.75 Å². The van der Waals surface area contributed by atoms with E-state index < -0.39 is 5.91 Å². The minimum Gasteiger partial charge on any atom is -0.488 e. The standard InChI is InChI=1S/C16H14BrNO2/c17-14-10-12(7-9-16(18)19)6-8-15(14)20-11-13-4-2-1-3-5-13/h1-10H,11H2,(H2,18,19)/b9-7+. The van der Waals surface area contributed by atoms with Crippen molar-refractivity contribution >= 4 is 27.9 Å². The lowest BCUT2D eigenvalue weighted by Crippen LogP contribution is -2.05. The van der Waals surface area contributed by atoms with Gasteiger partial charge in [0.2, 0.25) is 5.91 Å². The molecule has 2 aromatic carbocycles. The van der Waals surface area contributed by atoms with Crippen LogP contribution in [-0.4, -0.2) is 5.91 Å². The fraction of sp³-hybridized carbons (Fsp3) is 0.0625. The number of nitrogens with two attached hydrogens (primary N) is 1. The van der Waals surface area contributed by atoms with E-state index in [1.54, 1.807) is 6.08 Å². The zero-order valence-electron chi connectivity index (χ0n) is 10.8. The summed E-state index contributed by atoms with van der Waals surface area (Å²) in [5.74, 6) is 0.288. The van der Waals surface area contributed by atoms with Crippen molar-refractivity contribution in [1.82, 2.24) is 0 Å². The fourth-order valence-electron chi connectivity index (χ4n) is 1.65. The SMILES string of the molecule is NC(=O)/C=C/c1ccc(OCc2ccccc2)c(Br)c1. The Morgan fingerprint density at radius 2 is 1.95 bits per heavy atom. The Morgan fingerprint density at radius 3 is 2.60 bits per heavy atom. The third-order valence-corrected chi connectivity index (χ3v) is 3.25. The third kappa shape index (κ3) is 4.24. The van der Waals surface area contributed by atoms with Gasteiger partial charge in [0.25, 0.3) is 0 Å². The molecule has 0 fully saturated rings. The first-order valence-corrected chi connectivity index (χ1v) is 6.88. The van der Waals surface area contributed by atoms with Gasteiger partial charge in [-0.15, -0.1) is 0 Å². The van der Waals surface area contributed by atoms with E-state index >= 15 is 0 Å². The van der Waals surface area contributed by atoms with E-state index in [-0.39, 0.29) is 0 Å². The molecule has 0 atom stereocenters. The molecule has 0 bridgehead atoms. The van der Waals surface area contributed by atoms with E-state index in [2.05, 4.69) is 15.9 Å². The first-order chi connectivity index (χ1) is 9.65. The predicted octanol–water partition coefficient (Wildman–Crippen LogP) is 3.53. The number of carbonyl (C=O) groups is 1. The first-order valence-electron chi connectivity index (χ1n) is 6.09. The van der Waals surface area contributed by atoms with Gasteiger partial charge >= 0.3 is 0 Å². The number of hydrogen-bond donors (Lipinski definition) is 1. The monoisotopic (exact) mass is 331 g/mol. The third-order valence-electron chi connectivity index (χ3n) is 2.63. The van der Waals surface area contributed by atoms with Crippen molar-refractivity contribution in [2.45, 2.75) is 6.61 Å². The lowest BCUT2D eigenvalue weighted by atomic mass is 10.2. The summed E-state index contributed by atoms with van der Waals surface area (Å²) in [5, 5.41) is 0. The number of benzene rings is 2. The van der Waals surface area contributed by atoms with E-state index in [1.165, 1.54) is 6.08 Å². The van der Waals surface area contributed by atoms with Crippen molar-refractivity contribution in [1.29, 1.82) is 0 Å². The van der Waals surface area contributed by atoms with Gasteiger partial charge in [0.1, 0.15) is 12.4 Å². The molecule has 0 aliphatic rings. The molecule has 0 saturated heterocycles. The van der Waals surface area contributed by atoms with Crippen molar-refractivity contribution in [2.24, 2.45) is 5.73 Å². The summed E-state index contributed by atoms with van der Waals surface area (Å²) in [6.07, 6.45) is 2.99. The smallest absolute Gasteiger partial charge is 0.241 e. The maximum atomic E-state index is 10.7. The zero-order valence-corrected chi connectivity index (χ0v) is 12.3. The Balaban J connectivity index is 2.04. The van der Waals surface area contributed by atoms with E-state index in [0.29, 0.717) is 6.61 Å². The largest absolute Gasteiger partial charge is 0.488 e. The Kier molecular flexibility index (Phi) is 4.96. The second-order valence-corrected chi connectivity index (χ2v) is 5.05. The maximum Gasteiger partial charge on any atom is 0.241 e. The van der Waals surface area contributed by atoms with E-state index in [1.807, 2.05) is 48.5 Å². The molecule has 0 aliphatic heterocycles. The summed E-state index contributed by atoms with van der Waals surface area (Å²) in [6, 6.07) is 15.5. The van der Waals surface area contributed by atoms with Gasteiger partial charge in [-0.05, 0) is 45.3 Å². The van der Waals surface area contributed by atoms with Crippen molar-refractivity contribution in [3.63, 3.8) is 0 Å². The molecular weight excluding hydrogens is 318 g/mol. The molecule has 0 saturated carbocycles. The topological polar surface area (TPSA) is 52.3 Å². The van der Waals surface area contributed by atoms with Crippen molar-refractivity contribution in [2.75, 3.05) is 0 Å². The van der Waals surface area contributed by atoms with Crippen LogP contribution in [-0.2, 0) is 11.4 Å². The zero-order chi connectivity index (χ0) is 14.4. The molecule has 3 nitrogen and oxygen atoms in total. The van der Waals surface area contributed by atoms with Gasteiger partial charge in [-0.25, -0.2) is 0 Å². The Morgan fingerprint density at radius 1 is 1.20 bits per heavy atom. The molecular formula is C16H14BrNO2. The number of hydrogen-bond acceptors (Lipinski definition) is 2. The number of amides is 1. The highest BCUT2D eigenvalue weighted by Gasteiger charge is 2.02. The minimum absolute atomic E-state index is 0.467. The molecule has 0 radical (unpaired) electrons. The second kappa shape index (κ2) is 6.91. The highest BCUT2D eigenvalue weighted by molar-refractivity contribution is 9.10. The molecule has 1 amide bonds. The van der Waals surface area contributed by atoms with Crippen LogP contribution < -0.4 is 10.5 Å². The van der Waals surface area contributed by atoms with Gasteiger partial charge in [-0.1, -0.05) is 36.4 Å². The molecule has 0 spiro atoms. The van der Waals surface area contributed by atoms with Gasteiger partial charge in [-0.2, -0.15) is 0 Å². The van der Waals surface area contributed by atoms with E-state index in [0.717, 1.165) is 21.3 Å². The number of halogens is 1. The van der Waals surface area contributed by atoms with Crippen LogP contribution in [0.4, 0.5) is 0 Å². The molecule has 20 heavy (non-hydrogen) atoms. The maximum absolute atomic E-state index is 10.7. The van der Waals surface area contributed by atoms with Gasteiger partial charge in [0.05, 0.1) is 4.47 Å². The summed E-state index contributed by atoms with van der Waals surface area (Å²) in [7, 11) is 0. The van der Waals surface area contributed by atoms with Crippen LogP contribution in [0.1, 0.15) is 11.1 Å². The van der Waals surface area contributed by atoms with Crippen LogP contribution in [0.15, 0.2) is 59.1 Å². The minimum atomic E-state index is -0.467. The summed E-state index contributed by atoms with van der Waals surface area (Å²) in [4.78, 5) is 10.7. The van der Waals surface area contributed by atoms with Gasteiger partial charge in [0.15, 0.2) is 0 Å². The molecule has 102 valence electrons. The second-order valence-electron chi connectivity index (χ2n) is 4.20. The highest BCUT2D eigenvalue weighted by atomic mass is 79.9. The first kappa shape index (κ1) is 14.3. The number of rotatable bonds is 5. The summed E-state index contributed by atoms with van der Waals surface area (Å²) in [5.41, 5.74) is 7.04. The van der Waals surface area contributed by atoms with Gasteiger partial charge in [0, 0.05) is 6.08 Å². The van der Waals surface area contributed by atoms with Crippen molar-refractivity contribution < 1.29 is 9.53 Å². The van der Waals surface area contributed by atoms with E-state index in [4.69, 9.17) is 10.5 Å². The van der Waals surface area contributed by atoms with Crippen LogP contribution in [0.3, 0.4) is 0 Å². The highest BCUT2D eigenvalue weighted by Crippen LogP contribution is 2.27. The van der Waals surface area contributed by atoms with Crippen LogP contribution in [0.25, 0.3) is 6.08 Å². The average Bonchev–Trinajstić information content (AvgIpc) is 2.45. The van der Waals surface area contributed by atoms with Gasteiger partial charge < -0.3 is 10.5 Å². The van der Waals surface area contributed by atoms with Crippen LogP contribution in [0, 0.1) is 0 Å². The predicted molar refractivity (Wildman–Crippen MR) is 83.1 cm³/mol.